The first-order chi connectivity index (χ1) is 7.83. The van der Waals surface area contributed by atoms with E-state index in [1.165, 1.54) is 0 Å². The lowest BCUT2D eigenvalue weighted by molar-refractivity contribution is 0.517. The topological polar surface area (TPSA) is 74.8 Å². The number of nitrogens with zero attached hydrogens (tertiary/aromatic N) is 4. The summed E-state index contributed by atoms with van der Waals surface area (Å²) in [5.74, 6) is 0.745. The number of aryl methyl sites for hydroxylation is 1. The van der Waals surface area contributed by atoms with Gasteiger partial charge in [-0.05, 0) is 24.1 Å². The van der Waals surface area contributed by atoms with E-state index < -0.39 is 0 Å². The Morgan fingerprint density at radius 2 is 2.38 bits per heavy atom. The Morgan fingerprint density at radius 3 is 3.12 bits per heavy atom. The lowest BCUT2D eigenvalue weighted by Crippen LogP contribution is -1.82. The molecule has 82 valence electrons. The molecule has 0 aliphatic rings. The van der Waals surface area contributed by atoms with Gasteiger partial charge in [-0.3, -0.25) is 0 Å². The molecular weight excluding hydrogens is 204 g/mol. The van der Waals surface area contributed by atoms with Crippen molar-refractivity contribution in [2.75, 3.05) is 0 Å². The summed E-state index contributed by atoms with van der Waals surface area (Å²) in [5.41, 5.74) is 10.4. The molecule has 5 nitrogen and oxygen atoms in total. The van der Waals surface area contributed by atoms with Gasteiger partial charge in [0.25, 0.3) is 0 Å². The highest BCUT2D eigenvalue weighted by Gasteiger charge is 2.05. The van der Waals surface area contributed by atoms with Crippen molar-refractivity contribution >= 4 is 16.8 Å². The maximum Gasteiger partial charge on any atom is 0.195 e. The van der Waals surface area contributed by atoms with Crippen LogP contribution < -0.4 is 0 Å². The molecule has 1 aromatic heterocycles. The van der Waals surface area contributed by atoms with Crippen molar-refractivity contribution in [3.05, 3.63) is 34.5 Å². The summed E-state index contributed by atoms with van der Waals surface area (Å²) < 4.78 is 5.56. The third kappa shape index (κ3) is 2.15. The second-order valence-electron chi connectivity index (χ2n) is 3.55. The fourth-order valence-corrected chi connectivity index (χ4v) is 1.51. The molecule has 1 heterocycles. The molecule has 0 N–H and O–H groups in total. The first kappa shape index (κ1) is 10.5. The van der Waals surface area contributed by atoms with Gasteiger partial charge in [-0.1, -0.05) is 24.5 Å². The Labute approximate surface area is 92.7 Å². The van der Waals surface area contributed by atoms with Crippen LogP contribution in [0.3, 0.4) is 0 Å². The van der Waals surface area contributed by atoms with Crippen molar-refractivity contribution in [2.24, 2.45) is 5.11 Å². The summed E-state index contributed by atoms with van der Waals surface area (Å²) in [6.45, 7) is 2.13. The van der Waals surface area contributed by atoms with Crippen LogP contribution in [0, 0.1) is 0 Å². The van der Waals surface area contributed by atoms with Crippen LogP contribution in [0.25, 0.3) is 21.5 Å². The van der Waals surface area contributed by atoms with Crippen LogP contribution in [0.2, 0.25) is 0 Å². The van der Waals surface area contributed by atoms with E-state index in [9.17, 15) is 0 Å². The number of rotatable bonds is 4. The first-order valence-corrected chi connectivity index (χ1v) is 5.28. The van der Waals surface area contributed by atoms with Crippen LogP contribution >= 0.6 is 0 Å². The first-order valence-electron chi connectivity index (χ1n) is 5.28. The van der Waals surface area contributed by atoms with Gasteiger partial charge in [0, 0.05) is 17.0 Å². The molecule has 0 spiro atoms. The standard InChI is InChI=1S/C11H12N4O/c1-2-3-4-11-13-9-6-5-8(14-15-12)7-10(9)16-11/h5-7H,2-4H2,1H3. The molecule has 0 aliphatic heterocycles. The third-order valence-corrected chi connectivity index (χ3v) is 2.32. The summed E-state index contributed by atoms with van der Waals surface area (Å²) in [6, 6.07) is 5.24. The Bertz CT molecular complexity index is 540. The Kier molecular flexibility index (Phi) is 3.08. The average Bonchev–Trinajstić information content (AvgIpc) is 2.68. The largest absolute Gasteiger partial charge is 0.441 e. The van der Waals surface area contributed by atoms with Crippen LogP contribution in [0.15, 0.2) is 27.7 Å². The van der Waals surface area contributed by atoms with Gasteiger partial charge >= 0.3 is 0 Å². The molecule has 0 fully saturated rings. The van der Waals surface area contributed by atoms with Gasteiger partial charge in [-0.25, -0.2) is 4.98 Å². The van der Waals surface area contributed by atoms with E-state index >= 15 is 0 Å². The maximum absolute atomic E-state index is 8.33. The van der Waals surface area contributed by atoms with E-state index in [0.29, 0.717) is 11.3 Å². The molecule has 1 aromatic carbocycles. The summed E-state index contributed by atoms with van der Waals surface area (Å²) in [4.78, 5) is 7.08. The molecule has 0 saturated carbocycles. The zero-order chi connectivity index (χ0) is 11.4. The average molecular weight is 216 g/mol. The SMILES string of the molecule is CCCCc1nc2ccc(N=[N+]=[N-])cc2o1. The van der Waals surface area contributed by atoms with Crippen LogP contribution in [0.4, 0.5) is 5.69 Å². The van der Waals surface area contributed by atoms with Gasteiger partial charge in [0.2, 0.25) is 0 Å². The molecule has 0 saturated heterocycles. The van der Waals surface area contributed by atoms with Crippen molar-refractivity contribution < 1.29 is 4.42 Å². The van der Waals surface area contributed by atoms with Crippen LogP contribution in [0.1, 0.15) is 25.7 Å². The highest BCUT2D eigenvalue weighted by Crippen LogP contribution is 2.22. The quantitative estimate of drug-likeness (QED) is 0.438. The van der Waals surface area contributed by atoms with Gasteiger partial charge < -0.3 is 4.42 Å². The molecular formula is C11H12N4O. The van der Waals surface area contributed by atoms with Crippen molar-refractivity contribution in [2.45, 2.75) is 26.2 Å². The van der Waals surface area contributed by atoms with E-state index in [0.717, 1.165) is 30.7 Å². The number of hydrogen-bond donors (Lipinski definition) is 0. The molecule has 0 aliphatic carbocycles. The fraction of sp³-hybridized carbons (Fsp3) is 0.364. The Morgan fingerprint density at radius 1 is 1.50 bits per heavy atom. The molecule has 2 aromatic rings. The highest BCUT2D eigenvalue weighted by atomic mass is 16.3. The number of hydrogen-bond acceptors (Lipinski definition) is 3. The molecule has 0 radical (unpaired) electrons. The lowest BCUT2D eigenvalue weighted by atomic mass is 10.2. The second-order valence-corrected chi connectivity index (χ2v) is 3.55. The molecule has 0 amide bonds. The second kappa shape index (κ2) is 4.68. The normalized spacial score (nSPS) is 10.3. The minimum absolute atomic E-state index is 0.549. The van der Waals surface area contributed by atoms with E-state index in [-0.39, 0.29) is 0 Å². The number of fused-ring (bicyclic) bond motifs is 1. The van der Waals surface area contributed by atoms with Crippen LogP contribution in [-0.4, -0.2) is 4.98 Å². The lowest BCUT2D eigenvalue weighted by Gasteiger charge is -1.90. The van der Waals surface area contributed by atoms with Gasteiger partial charge in [0.1, 0.15) is 5.52 Å². The van der Waals surface area contributed by atoms with Crippen molar-refractivity contribution in [3.8, 4) is 0 Å². The van der Waals surface area contributed by atoms with Crippen LogP contribution in [-0.2, 0) is 6.42 Å². The van der Waals surface area contributed by atoms with Gasteiger partial charge in [-0.2, -0.15) is 0 Å². The van der Waals surface area contributed by atoms with Gasteiger partial charge in [-0.15, -0.1) is 0 Å². The van der Waals surface area contributed by atoms with Crippen LogP contribution in [0.5, 0.6) is 0 Å². The molecule has 16 heavy (non-hydrogen) atoms. The number of oxazole rings is 1. The predicted molar refractivity (Wildman–Crippen MR) is 61.4 cm³/mol. The smallest absolute Gasteiger partial charge is 0.195 e. The summed E-state index contributed by atoms with van der Waals surface area (Å²) in [5, 5.41) is 3.52. The number of aromatic nitrogens is 1. The van der Waals surface area contributed by atoms with Crippen molar-refractivity contribution in [1.82, 2.24) is 4.98 Å². The van der Waals surface area contributed by atoms with E-state index in [4.69, 9.17) is 9.95 Å². The van der Waals surface area contributed by atoms with Crippen molar-refractivity contribution in [3.63, 3.8) is 0 Å². The zero-order valence-corrected chi connectivity index (χ0v) is 9.05. The summed E-state index contributed by atoms with van der Waals surface area (Å²) >= 11 is 0. The minimum Gasteiger partial charge on any atom is -0.441 e. The molecule has 5 heteroatoms. The Hall–Kier alpha value is -2.00. The van der Waals surface area contributed by atoms with Gasteiger partial charge in [0.05, 0.1) is 0 Å². The fourth-order valence-electron chi connectivity index (χ4n) is 1.51. The zero-order valence-electron chi connectivity index (χ0n) is 9.05. The minimum atomic E-state index is 0.549. The third-order valence-electron chi connectivity index (χ3n) is 2.32. The van der Waals surface area contributed by atoms with Gasteiger partial charge in [0.15, 0.2) is 11.5 Å². The highest BCUT2D eigenvalue weighted by molar-refractivity contribution is 5.76. The predicted octanol–water partition coefficient (Wildman–Crippen LogP) is 4.11. The Balaban J connectivity index is 2.34. The molecule has 0 unspecified atom stereocenters. The number of benzene rings is 1. The van der Waals surface area contributed by atoms with E-state index in [1.807, 2.05) is 0 Å². The number of azide groups is 1. The number of unbranched alkanes of at least 4 members (excludes halogenated alkanes) is 1. The van der Waals surface area contributed by atoms with E-state index in [1.54, 1.807) is 18.2 Å². The monoisotopic (exact) mass is 216 g/mol. The molecule has 0 atom stereocenters. The summed E-state index contributed by atoms with van der Waals surface area (Å²) in [6.07, 6.45) is 3.03. The maximum atomic E-state index is 8.33. The van der Waals surface area contributed by atoms with Crippen molar-refractivity contribution in [1.29, 1.82) is 0 Å². The molecule has 0 bridgehead atoms. The molecule has 2 rings (SSSR count). The summed E-state index contributed by atoms with van der Waals surface area (Å²) in [7, 11) is 0. The van der Waals surface area contributed by atoms with E-state index in [2.05, 4.69) is 21.9 Å².